The molecule has 0 aliphatic heterocycles. The van der Waals surface area contributed by atoms with E-state index in [-0.39, 0.29) is 11.4 Å². The van der Waals surface area contributed by atoms with Gasteiger partial charge in [0.15, 0.2) is 0 Å². The van der Waals surface area contributed by atoms with Crippen molar-refractivity contribution < 1.29 is 4.79 Å². The Kier molecular flexibility index (Phi) is 3.30. The van der Waals surface area contributed by atoms with Gasteiger partial charge in [-0.3, -0.25) is 9.89 Å². The molecule has 1 aromatic heterocycles. The van der Waals surface area contributed by atoms with Gasteiger partial charge >= 0.3 is 0 Å². The quantitative estimate of drug-likeness (QED) is 0.819. The molecule has 1 saturated carbocycles. The minimum atomic E-state index is -0.0747. The van der Waals surface area contributed by atoms with E-state index < -0.39 is 0 Å². The predicted molar refractivity (Wildman–Crippen MR) is 70.2 cm³/mol. The zero-order valence-corrected chi connectivity index (χ0v) is 11.2. The molecule has 2 rings (SSSR count). The van der Waals surface area contributed by atoms with Gasteiger partial charge in [0.1, 0.15) is 11.4 Å². The molecule has 0 spiro atoms. The minimum Gasteiger partial charge on any atom is -0.383 e. The third-order valence-corrected chi connectivity index (χ3v) is 4.01. The minimum absolute atomic E-state index is 0.0747. The first kappa shape index (κ1) is 12.9. The molecule has 1 aromatic rings. The van der Waals surface area contributed by atoms with Gasteiger partial charge in [-0.25, -0.2) is 0 Å². The molecule has 0 aromatic carbocycles. The van der Waals surface area contributed by atoms with Crippen LogP contribution in [0.2, 0.25) is 0 Å². The largest absolute Gasteiger partial charge is 0.383 e. The number of nitrogens with two attached hydrogens (primary N) is 1. The normalized spacial score (nSPS) is 17.6. The number of carbonyl (C=O) groups is 1. The summed E-state index contributed by atoms with van der Waals surface area (Å²) in [4.78, 5) is 16.2. The number of amides is 1. The van der Waals surface area contributed by atoms with Crippen LogP contribution >= 0.6 is 0 Å². The molecule has 0 saturated heterocycles. The third kappa shape index (κ3) is 2.08. The third-order valence-electron chi connectivity index (χ3n) is 4.01. The Balaban J connectivity index is 2.06. The molecule has 6 heteroatoms. The van der Waals surface area contributed by atoms with Crippen LogP contribution in [0.1, 0.15) is 29.6 Å². The lowest BCUT2D eigenvalue weighted by Gasteiger charge is -2.49. The highest BCUT2D eigenvalue weighted by Crippen LogP contribution is 2.36. The molecular weight excluding hydrogens is 230 g/mol. The number of aromatic amines is 1. The van der Waals surface area contributed by atoms with Gasteiger partial charge in [-0.05, 0) is 33.4 Å². The second kappa shape index (κ2) is 4.61. The highest BCUT2D eigenvalue weighted by molar-refractivity contribution is 5.98. The first-order chi connectivity index (χ1) is 8.46. The molecule has 100 valence electrons. The topological polar surface area (TPSA) is 78.2 Å². The Morgan fingerprint density at radius 2 is 2.17 bits per heavy atom. The highest BCUT2D eigenvalue weighted by atomic mass is 16.2. The monoisotopic (exact) mass is 251 g/mol. The summed E-state index contributed by atoms with van der Waals surface area (Å²) in [5, 5.41) is 6.37. The van der Waals surface area contributed by atoms with Crippen molar-refractivity contribution in [3.8, 4) is 0 Å². The van der Waals surface area contributed by atoms with Gasteiger partial charge in [0, 0.05) is 19.1 Å². The maximum absolute atomic E-state index is 12.2. The molecule has 6 nitrogen and oxygen atoms in total. The second-order valence-electron chi connectivity index (χ2n) is 5.33. The number of rotatable bonds is 4. The smallest absolute Gasteiger partial charge is 0.259 e. The van der Waals surface area contributed by atoms with E-state index in [0.29, 0.717) is 11.4 Å². The van der Waals surface area contributed by atoms with Gasteiger partial charge in [0.2, 0.25) is 0 Å². The molecule has 3 N–H and O–H groups in total. The van der Waals surface area contributed by atoms with E-state index in [4.69, 9.17) is 5.73 Å². The van der Waals surface area contributed by atoms with E-state index in [9.17, 15) is 4.79 Å². The van der Waals surface area contributed by atoms with Gasteiger partial charge in [-0.2, -0.15) is 5.10 Å². The van der Waals surface area contributed by atoms with Crippen LogP contribution in [0.4, 0.5) is 5.82 Å². The fraction of sp³-hybridized carbons (Fsp3) is 0.667. The number of hydrogen-bond donors (Lipinski definition) is 2. The van der Waals surface area contributed by atoms with Crippen molar-refractivity contribution in [2.75, 3.05) is 33.4 Å². The number of likely N-dealkylation sites (N-methyl/N-ethyl adjacent to an activating group) is 2. The Morgan fingerprint density at radius 3 is 2.56 bits per heavy atom. The van der Waals surface area contributed by atoms with E-state index in [1.54, 1.807) is 4.90 Å². The van der Waals surface area contributed by atoms with Crippen LogP contribution in [-0.4, -0.2) is 59.1 Å². The zero-order valence-electron chi connectivity index (χ0n) is 11.2. The Morgan fingerprint density at radius 1 is 1.50 bits per heavy atom. The van der Waals surface area contributed by atoms with Crippen LogP contribution in [0.25, 0.3) is 0 Å². The number of carbonyl (C=O) groups excluding carboxylic acids is 1. The van der Waals surface area contributed by atoms with Crippen molar-refractivity contribution in [3.05, 3.63) is 11.8 Å². The molecule has 1 aliphatic rings. The number of anilines is 1. The number of nitrogen functional groups attached to an aromatic ring is 1. The predicted octanol–water partition coefficient (Wildman–Crippen LogP) is 0.548. The Labute approximate surface area is 107 Å². The van der Waals surface area contributed by atoms with Crippen molar-refractivity contribution in [2.24, 2.45) is 0 Å². The lowest BCUT2D eigenvalue weighted by molar-refractivity contribution is 0.0253. The number of nitrogens with one attached hydrogen (secondary N) is 1. The molecule has 0 bridgehead atoms. The van der Waals surface area contributed by atoms with E-state index in [2.05, 4.69) is 29.2 Å². The Hall–Kier alpha value is -1.56. The van der Waals surface area contributed by atoms with Gasteiger partial charge in [-0.1, -0.05) is 0 Å². The van der Waals surface area contributed by atoms with Crippen molar-refractivity contribution in [3.63, 3.8) is 0 Å². The van der Waals surface area contributed by atoms with Crippen molar-refractivity contribution >= 4 is 11.7 Å². The molecule has 18 heavy (non-hydrogen) atoms. The van der Waals surface area contributed by atoms with E-state index in [1.807, 2.05) is 7.05 Å². The maximum Gasteiger partial charge on any atom is 0.259 e. The summed E-state index contributed by atoms with van der Waals surface area (Å²) in [6.45, 7) is 0.726. The highest BCUT2D eigenvalue weighted by Gasteiger charge is 2.40. The number of aromatic nitrogens is 2. The molecule has 1 heterocycles. The van der Waals surface area contributed by atoms with Gasteiger partial charge in [-0.15, -0.1) is 0 Å². The molecule has 0 radical (unpaired) electrons. The summed E-state index contributed by atoms with van der Waals surface area (Å²) >= 11 is 0. The van der Waals surface area contributed by atoms with Crippen molar-refractivity contribution in [1.29, 1.82) is 0 Å². The zero-order chi connectivity index (χ0) is 13.3. The molecule has 0 atom stereocenters. The summed E-state index contributed by atoms with van der Waals surface area (Å²) in [5.74, 6) is 0.258. The second-order valence-corrected chi connectivity index (χ2v) is 5.33. The summed E-state index contributed by atoms with van der Waals surface area (Å²) in [7, 11) is 5.96. The molecule has 0 unspecified atom stereocenters. The number of H-pyrrole nitrogens is 1. The van der Waals surface area contributed by atoms with Gasteiger partial charge < -0.3 is 15.5 Å². The van der Waals surface area contributed by atoms with Gasteiger partial charge in [0.25, 0.3) is 5.91 Å². The molecular formula is C12H21N5O. The van der Waals surface area contributed by atoms with E-state index in [0.717, 1.165) is 19.4 Å². The van der Waals surface area contributed by atoms with Crippen LogP contribution < -0.4 is 5.73 Å². The SMILES string of the molecule is CN(CC1(N(C)C)CCC1)C(=O)c1cn[nH]c1N. The van der Waals surface area contributed by atoms with Crippen LogP contribution in [0.5, 0.6) is 0 Å². The van der Waals surface area contributed by atoms with E-state index >= 15 is 0 Å². The Bertz CT molecular complexity index is 435. The van der Waals surface area contributed by atoms with Crippen LogP contribution in [-0.2, 0) is 0 Å². The van der Waals surface area contributed by atoms with Crippen LogP contribution in [0.3, 0.4) is 0 Å². The first-order valence-corrected chi connectivity index (χ1v) is 6.18. The molecule has 1 fully saturated rings. The lowest BCUT2D eigenvalue weighted by atomic mass is 9.75. The summed E-state index contributed by atoms with van der Waals surface area (Å²) < 4.78 is 0. The molecule has 1 aliphatic carbocycles. The fourth-order valence-corrected chi connectivity index (χ4v) is 2.52. The van der Waals surface area contributed by atoms with Crippen LogP contribution in [0.15, 0.2) is 6.20 Å². The summed E-state index contributed by atoms with van der Waals surface area (Å²) in [5.41, 5.74) is 6.25. The number of hydrogen-bond acceptors (Lipinski definition) is 4. The van der Waals surface area contributed by atoms with Gasteiger partial charge in [0.05, 0.1) is 6.20 Å². The van der Waals surface area contributed by atoms with Crippen molar-refractivity contribution in [1.82, 2.24) is 20.0 Å². The first-order valence-electron chi connectivity index (χ1n) is 6.18. The maximum atomic E-state index is 12.2. The lowest BCUT2D eigenvalue weighted by Crippen LogP contribution is -2.57. The number of nitrogens with zero attached hydrogens (tertiary/aromatic N) is 3. The average molecular weight is 251 g/mol. The fourth-order valence-electron chi connectivity index (χ4n) is 2.52. The van der Waals surface area contributed by atoms with E-state index in [1.165, 1.54) is 12.6 Å². The summed E-state index contributed by atoms with van der Waals surface area (Å²) in [6, 6.07) is 0. The summed E-state index contributed by atoms with van der Waals surface area (Å²) in [6.07, 6.45) is 4.99. The standard InChI is InChI=1S/C12H21N5O/c1-16(2)12(5-4-6-12)8-17(3)11(18)9-7-14-15-10(9)13/h7H,4-6,8H2,1-3H3,(H3,13,14,15). The van der Waals surface area contributed by atoms with Crippen molar-refractivity contribution in [2.45, 2.75) is 24.8 Å². The average Bonchev–Trinajstić information content (AvgIpc) is 2.67. The van der Waals surface area contributed by atoms with Crippen LogP contribution in [0, 0.1) is 0 Å². The molecule has 1 amide bonds.